The van der Waals surface area contributed by atoms with Gasteiger partial charge >= 0.3 is 5.97 Å². The Morgan fingerprint density at radius 3 is 2.56 bits per heavy atom. The minimum Gasteiger partial charge on any atom is -0.497 e. The van der Waals surface area contributed by atoms with E-state index in [2.05, 4.69) is 5.32 Å². The molecule has 2 aromatic rings. The third-order valence-electron chi connectivity index (χ3n) is 4.16. The number of hydrogen-bond acceptors (Lipinski definition) is 7. The number of hydrogen-bond donors (Lipinski definition) is 1. The molecule has 0 saturated heterocycles. The Labute approximate surface area is 161 Å². The third-order valence-corrected chi connectivity index (χ3v) is 7.05. The average Bonchev–Trinajstić information content (AvgIpc) is 2.97. The lowest BCUT2D eigenvalue weighted by molar-refractivity contribution is 0.0527. The fourth-order valence-electron chi connectivity index (χ4n) is 2.85. The van der Waals surface area contributed by atoms with E-state index in [9.17, 15) is 18.0 Å². The zero-order chi connectivity index (χ0) is 19.6. The first-order valence-corrected chi connectivity index (χ1v) is 11.0. The average molecular weight is 409 g/mol. The number of anilines is 1. The Morgan fingerprint density at radius 1 is 1.22 bits per heavy atom. The number of carbonyl (C=O) groups excluding carboxylic acids is 2. The molecule has 0 radical (unpaired) electrons. The van der Waals surface area contributed by atoms with Crippen LogP contribution in [0.2, 0.25) is 0 Å². The Kier molecular flexibility index (Phi) is 5.52. The fourth-order valence-corrected chi connectivity index (χ4v) is 5.88. The second-order valence-corrected chi connectivity index (χ2v) is 9.24. The number of methoxy groups -OCH3 is 1. The van der Waals surface area contributed by atoms with Crippen molar-refractivity contribution >= 4 is 38.1 Å². The molecular formula is C18H19NO6S2. The highest BCUT2D eigenvalue weighted by Crippen LogP contribution is 2.38. The van der Waals surface area contributed by atoms with Crippen LogP contribution in [0.1, 0.15) is 38.1 Å². The second kappa shape index (κ2) is 7.69. The maximum atomic E-state index is 12.6. The van der Waals surface area contributed by atoms with E-state index in [1.807, 2.05) is 0 Å². The Morgan fingerprint density at radius 2 is 1.93 bits per heavy atom. The molecule has 0 atom stereocenters. The number of rotatable bonds is 5. The van der Waals surface area contributed by atoms with Crippen LogP contribution in [-0.4, -0.2) is 39.8 Å². The van der Waals surface area contributed by atoms with Crippen molar-refractivity contribution in [1.82, 2.24) is 0 Å². The van der Waals surface area contributed by atoms with Crippen LogP contribution in [0.3, 0.4) is 0 Å². The van der Waals surface area contributed by atoms with Gasteiger partial charge in [0.25, 0.3) is 5.91 Å². The van der Waals surface area contributed by atoms with Crippen LogP contribution in [0.25, 0.3) is 0 Å². The van der Waals surface area contributed by atoms with Gasteiger partial charge in [0.1, 0.15) is 10.8 Å². The number of fused-ring (bicyclic) bond motifs is 1. The van der Waals surface area contributed by atoms with E-state index in [0.717, 1.165) is 11.3 Å². The van der Waals surface area contributed by atoms with Crippen LogP contribution < -0.4 is 10.1 Å². The molecule has 7 nitrogen and oxygen atoms in total. The van der Waals surface area contributed by atoms with Gasteiger partial charge in [0, 0.05) is 10.4 Å². The van der Waals surface area contributed by atoms with Crippen molar-refractivity contribution in [3.05, 3.63) is 45.8 Å². The molecule has 2 heterocycles. The first-order valence-electron chi connectivity index (χ1n) is 8.32. The molecule has 0 saturated carbocycles. The summed E-state index contributed by atoms with van der Waals surface area (Å²) in [5.74, 6) is -0.480. The van der Waals surface area contributed by atoms with Crippen LogP contribution >= 0.6 is 11.3 Å². The molecule has 1 aliphatic rings. The van der Waals surface area contributed by atoms with Crippen molar-refractivity contribution in [1.29, 1.82) is 0 Å². The molecular weight excluding hydrogens is 390 g/mol. The normalized spacial score (nSPS) is 14.9. The second-order valence-electron chi connectivity index (χ2n) is 5.95. The van der Waals surface area contributed by atoms with E-state index in [4.69, 9.17) is 9.47 Å². The first kappa shape index (κ1) is 19.4. The number of ether oxygens (including phenoxy) is 2. The van der Waals surface area contributed by atoms with Crippen LogP contribution in [-0.2, 0) is 26.7 Å². The summed E-state index contributed by atoms with van der Waals surface area (Å²) < 4.78 is 34.0. The fraction of sp³-hybridized carbons (Fsp3) is 0.333. The maximum Gasteiger partial charge on any atom is 0.341 e. The summed E-state index contributed by atoms with van der Waals surface area (Å²) in [7, 11) is -1.66. The van der Waals surface area contributed by atoms with Gasteiger partial charge in [0.05, 0.1) is 30.8 Å². The predicted octanol–water partition coefficient (Wildman–Crippen LogP) is 2.66. The summed E-state index contributed by atoms with van der Waals surface area (Å²) in [6, 6.07) is 6.53. The molecule has 144 valence electrons. The highest BCUT2D eigenvalue weighted by atomic mass is 32.2. The van der Waals surface area contributed by atoms with Crippen molar-refractivity contribution in [2.45, 2.75) is 19.1 Å². The molecule has 0 unspecified atom stereocenters. The number of amides is 1. The number of nitrogens with one attached hydrogen (secondary N) is 1. The zero-order valence-corrected chi connectivity index (χ0v) is 16.5. The van der Waals surface area contributed by atoms with Crippen molar-refractivity contribution in [3.8, 4) is 5.75 Å². The lowest BCUT2D eigenvalue weighted by atomic mass is 10.1. The molecule has 9 heteroatoms. The van der Waals surface area contributed by atoms with E-state index in [1.54, 1.807) is 31.2 Å². The molecule has 27 heavy (non-hydrogen) atoms. The van der Waals surface area contributed by atoms with Crippen molar-refractivity contribution in [3.63, 3.8) is 0 Å². The summed E-state index contributed by atoms with van der Waals surface area (Å²) in [5.41, 5.74) is 1.30. The SMILES string of the molecule is CCOC(=O)c1c(NC(=O)c2ccc(OC)cc2)sc2c1CCS(=O)(=O)C2. The number of carbonyl (C=O) groups is 2. The lowest BCUT2D eigenvalue weighted by Gasteiger charge is -2.13. The third kappa shape index (κ3) is 4.14. The highest BCUT2D eigenvalue weighted by molar-refractivity contribution is 7.90. The Balaban J connectivity index is 1.94. The van der Waals surface area contributed by atoms with E-state index in [-0.39, 0.29) is 30.1 Å². The quantitative estimate of drug-likeness (QED) is 0.763. The Bertz CT molecular complexity index is 976. The van der Waals surface area contributed by atoms with E-state index < -0.39 is 21.7 Å². The Hall–Kier alpha value is -2.39. The topological polar surface area (TPSA) is 98.8 Å². The number of thiophene rings is 1. The summed E-state index contributed by atoms with van der Waals surface area (Å²) in [6.45, 7) is 1.88. The molecule has 0 bridgehead atoms. The van der Waals surface area contributed by atoms with Crippen molar-refractivity contribution in [2.75, 3.05) is 24.8 Å². The van der Waals surface area contributed by atoms with Gasteiger partial charge in [-0.05, 0) is 43.2 Å². The van der Waals surface area contributed by atoms with Crippen LogP contribution in [0.15, 0.2) is 24.3 Å². The molecule has 1 aromatic heterocycles. The van der Waals surface area contributed by atoms with Crippen molar-refractivity contribution in [2.24, 2.45) is 0 Å². The lowest BCUT2D eigenvalue weighted by Crippen LogP contribution is -2.20. The van der Waals surface area contributed by atoms with Gasteiger partial charge in [-0.25, -0.2) is 13.2 Å². The highest BCUT2D eigenvalue weighted by Gasteiger charge is 2.32. The summed E-state index contributed by atoms with van der Waals surface area (Å²) in [4.78, 5) is 25.6. The summed E-state index contributed by atoms with van der Waals surface area (Å²) >= 11 is 1.11. The maximum absolute atomic E-state index is 12.6. The predicted molar refractivity (Wildman–Crippen MR) is 102 cm³/mol. The monoisotopic (exact) mass is 409 g/mol. The summed E-state index contributed by atoms with van der Waals surface area (Å²) in [5, 5.41) is 3.05. The van der Waals surface area contributed by atoms with Gasteiger partial charge in [-0.1, -0.05) is 0 Å². The number of benzene rings is 1. The van der Waals surface area contributed by atoms with Gasteiger partial charge < -0.3 is 14.8 Å². The largest absolute Gasteiger partial charge is 0.497 e. The zero-order valence-electron chi connectivity index (χ0n) is 14.9. The van der Waals surface area contributed by atoms with Gasteiger partial charge in [0.15, 0.2) is 9.84 Å². The first-order chi connectivity index (χ1) is 12.8. The molecule has 1 N–H and O–H groups in total. The smallest absolute Gasteiger partial charge is 0.341 e. The standard InChI is InChI=1S/C18H19NO6S2/c1-3-25-18(21)15-13-8-9-27(22,23)10-14(13)26-17(15)19-16(20)11-4-6-12(24-2)7-5-11/h4-7H,3,8-10H2,1-2H3,(H,19,20). The van der Waals surface area contributed by atoms with Crippen LogP contribution in [0, 0.1) is 0 Å². The van der Waals surface area contributed by atoms with Crippen LogP contribution in [0.4, 0.5) is 5.00 Å². The van der Waals surface area contributed by atoms with E-state index in [1.165, 1.54) is 7.11 Å². The molecule has 1 aliphatic heterocycles. The summed E-state index contributed by atoms with van der Waals surface area (Å²) in [6.07, 6.45) is 0.237. The van der Waals surface area contributed by atoms with Gasteiger partial charge in [-0.3, -0.25) is 4.79 Å². The van der Waals surface area contributed by atoms with Gasteiger partial charge in [-0.2, -0.15) is 0 Å². The molecule has 0 aliphatic carbocycles. The number of esters is 1. The minimum atomic E-state index is -3.19. The van der Waals surface area contributed by atoms with Gasteiger partial charge in [-0.15, -0.1) is 11.3 Å². The van der Waals surface area contributed by atoms with Crippen LogP contribution in [0.5, 0.6) is 5.75 Å². The van der Waals surface area contributed by atoms with E-state index >= 15 is 0 Å². The minimum absolute atomic E-state index is 0.0188. The molecule has 0 spiro atoms. The molecule has 1 amide bonds. The van der Waals surface area contributed by atoms with E-state index in [0.29, 0.717) is 26.8 Å². The number of sulfone groups is 1. The molecule has 3 rings (SSSR count). The molecule has 1 aromatic carbocycles. The van der Waals surface area contributed by atoms with Crippen molar-refractivity contribution < 1.29 is 27.5 Å². The van der Waals surface area contributed by atoms with Gasteiger partial charge in [0.2, 0.25) is 0 Å². The molecule has 0 fully saturated rings.